The molecule has 1 aromatic rings. The molecule has 1 aromatic heterocycles. The molecule has 1 amide bonds. The zero-order chi connectivity index (χ0) is 13.7. The smallest absolute Gasteiger partial charge is 0.269 e. The van der Waals surface area contributed by atoms with E-state index in [4.69, 9.17) is 0 Å². The average molecular weight is 262 g/mol. The first-order valence-corrected chi connectivity index (χ1v) is 6.89. The van der Waals surface area contributed by atoms with Crippen LogP contribution in [0.2, 0.25) is 0 Å². The maximum atomic E-state index is 11.7. The van der Waals surface area contributed by atoms with E-state index in [9.17, 15) is 4.79 Å². The quantitative estimate of drug-likeness (QED) is 0.778. The van der Waals surface area contributed by atoms with E-state index in [-0.39, 0.29) is 5.91 Å². The fourth-order valence-corrected chi connectivity index (χ4v) is 1.99. The number of rotatable bonds is 7. The van der Waals surface area contributed by atoms with Crippen molar-refractivity contribution in [2.45, 2.75) is 25.8 Å². The number of hydrogen-bond donors (Lipinski definition) is 2. The van der Waals surface area contributed by atoms with Gasteiger partial charge in [0.25, 0.3) is 5.91 Å². The van der Waals surface area contributed by atoms with Crippen molar-refractivity contribution in [3.8, 4) is 0 Å². The van der Waals surface area contributed by atoms with Crippen LogP contribution in [-0.4, -0.2) is 48.5 Å². The largest absolute Gasteiger partial charge is 0.384 e. The maximum absolute atomic E-state index is 11.7. The van der Waals surface area contributed by atoms with Crippen LogP contribution >= 0.6 is 0 Å². The van der Waals surface area contributed by atoms with Crippen LogP contribution in [0.4, 0.5) is 5.69 Å². The van der Waals surface area contributed by atoms with Gasteiger partial charge >= 0.3 is 0 Å². The molecule has 1 saturated carbocycles. The predicted molar refractivity (Wildman–Crippen MR) is 76.4 cm³/mol. The second kappa shape index (κ2) is 6.52. The average Bonchev–Trinajstić information content (AvgIpc) is 3.23. The first kappa shape index (κ1) is 13.8. The van der Waals surface area contributed by atoms with E-state index < -0.39 is 0 Å². The highest BCUT2D eigenvalue weighted by molar-refractivity contribution is 5.93. The predicted octanol–water partition coefficient (Wildman–Crippen LogP) is 1.34. The minimum Gasteiger partial charge on any atom is -0.384 e. The summed E-state index contributed by atoms with van der Waals surface area (Å²) < 4.78 is 0. The van der Waals surface area contributed by atoms with Gasteiger partial charge in [-0.1, -0.05) is 0 Å². The van der Waals surface area contributed by atoms with Crippen molar-refractivity contribution < 1.29 is 4.79 Å². The molecule has 0 aliphatic heterocycles. The van der Waals surface area contributed by atoms with Crippen LogP contribution in [-0.2, 0) is 0 Å². The Balaban J connectivity index is 1.82. The van der Waals surface area contributed by atoms with Crippen molar-refractivity contribution in [2.24, 2.45) is 0 Å². The maximum Gasteiger partial charge on any atom is 0.269 e. The van der Waals surface area contributed by atoms with E-state index in [2.05, 4.69) is 27.6 Å². The SMILES string of the molecule is CCNC(=O)c1cc(NCCN(C)C2CC2)ccn1. The summed E-state index contributed by atoms with van der Waals surface area (Å²) in [5.41, 5.74) is 1.41. The Kier molecular flexibility index (Phi) is 4.74. The normalized spacial score (nSPS) is 14.5. The van der Waals surface area contributed by atoms with Gasteiger partial charge in [-0.05, 0) is 38.9 Å². The first-order chi connectivity index (χ1) is 9.20. The summed E-state index contributed by atoms with van der Waals surface area (Å²) in [5, 5.41) is 6.08. The van der Waals surface area contributed by atoms with Gasteiger partial charge in [0, 0.05) is 37.6 Å². The number of likely N-dealkylation sites (N-methyl/N-ethyl adjacent to an activating group) is 1. The lowest BCUT2D eigenvalue weighted by Gasteiger charge is -2.16. The highest BCUT2D eigenvalue weighted by atomic mass is 16.1. The molecular formula is C14H22N4O. The van der Waals surface area contributed by atoms with E-state index in [0.29, 0.717) is 12.2 Å². The topological polar surface area (TPSA) is 57.3 Å². The second-order valence-electron chi connectivity index (χ2n) is 4.93. The third kappa shape index (κ3) is 4.21. The fourth-order valence-electron chi connectivity index (χ4n) is 1.99. The molecule has 0 unspecified atom stereocenters. The molecule has 1 aliphatic carbocycles. The van der Waals surface area contributed by atoms with Gasteiger partial charge in [0.1, 0.15) is 5.69 Å². The summed E-state index contributed by atoms with van der Waals surface area (Å²) in [5.74, 6) is -0.124. The van der Waals surface area contributed by atoms with Gasteiger partial charge in [0.2, 0.25) is 0 Å². The number of carbonyl (C=O) groups excluding carboxylic acids is 1. The van der Waals surface area contributed by atoms with Gasteiger partial charge in [0.15, 0.2) is 0 Å². The molecule has 0 radical (unpaired) electrons. The van der Waals surface area contributed by atoms with Gasteiger partial charge in [-0.25, -0.2) is 0 Å². The molecule has 104 valence electrons. The Morgan fingerprint density at radius 2 is 2.32 bits per heavy atom. The molecule has 19 heavy (non-hydrogen) atoms. The number of carbonyl (C=O) groups is 1. The monoisotopic (exact) mass is 262 g/mol. The summed E-state index contributed by atoms with van der Waals surface area (Å²) in [7, 11) is 2.16. The Morgan fingerprint density at radius 3 is 3.00 bits per heavy atom. The lowest BCUT2D eigenvalue weighted by Crippen LogP contribution is -2.27. The van der Waals surface area contributed by atoms with Crippen LogP contribution in [0.1, 0.15) is 30.3 Å². The van der Waals surface area contributed by atoms with Crippen LogP contribution in [0, 0.1) is 0 Å². The number of nitrogens with one attached hydrogen (secondary N) is 2. The highest BCUT2D eigenvalue weighted by Crippen LogP contribution is 2.24. The standard InChI is InChI=1S/C14H22N4O/c1-3-15-14(19)13-10-11(6-7-17-13)16-8-9-18(2)12-4-5-12/h6-7,10,12H,3-5,8-9H2,1-2H3,(H,15,19)(H,16,17). The number of pyridine rings is 1. The first-order valence-electron chi connectivity index (χ1n) is 6.89. The van der Waals surface area contributed by atoms with E-state index >= 15 is 0 Å². The molecule has 5 heteroatoms. The zero-order valence-electron chi connectivity index (χ0n) is 11.6. The van der Waals surface area contributed by atoms with Gasteiger partial charge in [-0.3, -0.25) is 9.78 Å². The van der Waals surface area contributed by atoms with Crippen molar-refractivity contribution in [2.75, 3.05) is 32.0 Å². The van der Waals surface area contributed by atoms with Crippen LogP contribution in [0.5, 0.6) is 0 Å². The van der Waals surface area contributed by atoms with Crippen molar-refractivity contribution in [1.82, 2.24) is 15.2 Å². The third-order valence-corrected chi connectivity index (χ3v) is 3.29. The summed E-state index contributed by atoms with van der Waals surface area (Å²) in [6.45, 7) is 4.41. The summed E-state index contributed by atoms with van der Waals surface area (Å²) >= 11 is 0. The highest BCUT2D eigenvalue weighted by Gasteiger charge is 2.25. The number of hydrogen-bond acceptors (Lipinski definition) is 4. The molecule has 2 rings (SSSR count). The van der Waals surface area contributed by atoms with Crippen LogP contribution in [0.3, 0.4) is 0 Å². The Morgan fingerprint density at radius 1 is 1.53 bits per heavy atom. The molecule has 0 saturated heterocycles. The molecule has 1 aliphatic rings. The minimum atomic E-state index is -0.124. The van der Waals surface area contributed by atoms with Crippen LogP contribution in [0.25, 0.3) is 0 Å². The van der Waals surface area contributed by atoms with Gasteiger partial charge < -0.3 is 15.5 Å². The lowest BCUT2D eigenvalue weighted by molar-refractivity contribution is 0.0951. The molecule has 5 nitrogen and oxygen atoms in total. The molecule has 1 fully saturated rings. The van der Waals surface area contributed by atoms with Crippen LogP contribution < -0.4 is 10.6 Å². The molecule has 1 heterocycles. The second-order valence-corrected chi connectivity index (χ2v) is 4.93. The van der Waals surface area contributed by atoms with Gasteiger partial charge in [-0.15, -0.1) is 0 Å². The summed E-state index contributed by atoms with van der Waals surface area (Å²) in [6, 6.07) is 4.47. The Bertz CT molecular complexity index is 431. The number of nitrogens with zero attached hydrogens (tertiary/aromatic N) is 2. The number of amides is 1. The Labute approximate surface area is 114 Å². The molecular weight excluding hydrogens is 240 g/mol. The fraction of sp³-hybridized carbons (Fsp3) is 0.571. The van der Waals surface area contributed by atoms with Gasteiger partial charge in [-0.2, -0.15) is 0 Å². The van der Waals surface area contributed by atoms with Crippen molar-refractivity contribution >= 4 is 11.6 Å². The zero-order valence-corrected chi connectivity index (χ0v) is 11.6. The van der Waals surface area contributed by atoms with Crippen molar-refractivity contribution in [1.29, 1.82) is 0 Å². The van der Waals surface area contributed by atoms with E-state index in [1.807, 2.05) is 13.0 Å². The molecule has 2 N–H and O–H groups in total. The summed E-state index contributed by atoms with van der Waals surface area (Å²) in [6.07, 6.45) is 4.32. The Hall–Kier alpha value is -1.62. The van der Waals surface area contributed by atoms with Crippen molar-refractivity contribution in [3.63, 3.8) is 0 Å². The lowest BCUT2D eigenvalue weighted by atomic mass is 10.3. The van der Waals surface area contributed by atoms with Crippen LogP contribution in [0.15, 0.2) is 18.3 Å². The van der Waals surface area contributed by atoms with E-state index in [1.165, 1.54) is 12.8 Å². The van der Waals surface area contributed by atoms with Crippen molar-refractivity contribution in [3.05, 3.63) is 24.0 Å². The molecule has 0 bridgehead atoms. The summed E-state index contributed by atoms with van der Waals surface area (Å²) in [4.78, 5) is 18.1. The van der Waals surface area contributed by atoms with E-state index in [0.717, 1.165) is 24.8 Å². The number of anilines is 1. The molecule has 0 atom stereocenters. The molecule has 0 spiro atoms. The van der Waals surface area contributed by atoms with E-state index in [1.54, 1.807) is 12.3 Å². The third-order valence-electron chi connectivity index (χ3n) is 3.29. The number of aromatic nitrogens is 1. The molecule has 0 aromatic carbocycles. The van der Waals surface area contributed by atoms with Gasteiger partial charge in [0.05, 0.1) is 0 Å². The minimum absolute atomic E-state index is 0.124.